The number of hydrogen-bond acceptors (Lipinski definition) is 4. The van der Waals surface area contributed by atoms with Gasteiger partial charge in [-0.2, -0.15) is 5.10 Å². The zero-order valence-corrected chi connectivity index (χ0v) is 14.3. The van der Waals surface area contributed by atoms with Gasteiger partial charge in [0.2, 0.25) is 0 Å². The molecule has 0 aliphatic heterocycles. The van der Waals surface area contributed by atoms with E-state index in [1.807, 2.05) is 35.9 Å². The van der Waals surface area contributed by atoms with Gasteiger partial charge < -0.3 is 5.32 Å². The largest absolute Gasteiger partial charge is 0.307 e. The van der Waals surface area contributed by atoms with Crippen molar-refractivity contribution in [3.8, 4) is 0 Å². The minimum atomic E-state index is -0.191. The number of pyridine rings is 2. The van der Waals surface area contributed by atoms with E-state index in [1.165, 1.54) is 0 Å². The van der Waals surface area contributed by atoms with Gasteiger partial charge in [-0.15, -0.1) is 0 Å². The van der Waals surface area contributed by atoms with Crippen LogP contribution in [0.25, 0.3) is 11.0 Å². The Hall–Kier alpha value is -2.76. The van der Waals surface area contributed by atoms with E-state index in [0.717, 1.165) is 5.39 Å². The lowest BCUT2D eigenvalue weighted by Crippen LogP contribution is -2.20. The maximum Gasteiger partial charge on any atom is 0.258 e. The third kappa shape index (κ3) is 2.99. The van der Waals surface area contributed by atoms with Crippen LogP contribution < -0.4 is 5.32 Å². The lowest BCUT2D eigenvalue weighted by atomic mass is 10.1. The fourth-order valence-corrected chi connectivity index (χ4v) is 2.53. The lowest BCUT2D eigenvalue weighted by Gasteiger charge is -2.19. The predicted molar refractivity (Wildman–Crippen MR) is 94.0 cm³/mol. The summed E-state index contributed by atoms with van der Waals surface area (Å²) in [4.78, 5) is 21.3. The van der Waals surface area contributed by atoms with E-state index in [4.69, 9.17) is 0 Å². The van der Waals surface area contributed by atoms with Gasteiger partial charge >= 0.3 is 0 Å². The number of carbonyl (C=O) groups excluding carboxylic acids is 1. The molecule has 1 N–H and O–H groups in total. The smallest absolute Gasteiger partial charge is 0.258 e. The Morgan fingerprint density at radius 2 is 2.00 bits per heavy atom. The molecule has 3 rings (SSSR count). The van der Waals surface area contributed by atoms with Gasteiger partial charge in [-0.1, -0.05) is 13.8 Å². The van der Waals surface area contributed by atoms with Gasteiger partial charge in [0.1, 0.15) is 5.82 Å². The number of aromatic nitrogens is 4. The summed E-state index contributed by atoms with van der Waals surface area (Å²) in [5, 5.41) is 8.13. The first-order chi connectivity index (χ1) is 11.5. The molecule has 0 unspecified atom stereocenters. The topological polar surface area (TPSA) is 72.7 Å². The van der Waals surface area contributed by atoms with E-state index in [9.17, 15) is 4.79 Å². The number of nitrogens with zero attached hydrogens (tertiary/aromatic N) is 4. The Morgan fingerprint density at radius 3 is 2.75 bits per heavy atom. The molecule has 0 aliphatic rings. The SMILES string of the molecule is Cc1nc2ncccc2cc1C(=O)Nc1ccnn1[C@H](C)C(C)C. The van der Waals surface area contributed by atoms with E-state index < -0.39 is 0 Å². The number of nitrogens with one attached hydrogen (secondary N) is 1. The summed E-state index contributed by atoms with van der Waals surface area (Å²) >= 11 is 0. The third-order valence-electron chi connectivity index (χ3n) is 4.29. The molecular formula is C18H21N5O. The Bertz CT molecular complexity index is 884. The molecule has 0 aliphatic carbocycles. The third-order valence-corrected chi connectivity index (χ3v) is 4.29. The van der Waals surface area contributed by atoms with E-state index >= 15 is 0 Å². The van der Waals surface area contributed by atoms with Crippen molar-refractivity contribution < 1.29 is 4.79 Å². The standard InChI is InChI=1S/C18H21N5O/c1-11(2)13(4)23-16(7-9-20-23)22-18(24)15-10-14-6-5-8-19-17(14)21-12(15)3/h5-11,13H,1-4H3,(H,22,24)/t13-/m1/s1. The van der Waals surface area contributed by atoms with E-state index in [-0.39, 0.29) is 11.9 Å². The number of fused-ring (bicyclic) bond motifs is 1. The summed E-state index contributed by atoms with van der Waals surface area (Å²) < 4.78 is 1.84. The highest BCUT2D eigenvalue weighted by atomic mass is 16.1. The second-order valence-electron chi connectivity index (χ2n) is 6.27. The van der Waals surface area contributed by atoms with Crippen LogP contribution >= 0.6 is 0 Å². The number of rotatable bonds is 4. The van der Waals surface area contributed by atoms with E-state index in [2.05, 4.69) is 41.2 Å². The summed E-state index contributed by atoms with van der Waals surface area (Å²) in [5.74, 6) is 0.908. The maximum absolute atomic E-state index is 12.7. The van der Waals surface area contributed by atoms with Crippen LogP contribution in [0, 0.1) is 12.8 Å². The monoisotopic (exact) mass is 323 g/mol. The summed E-state index contributed by atoms with van der Waals surface area (Å²) in [7, 11) is 0. The number of anilines is 1. The van der Waals surface area contributed by atoms with Crippen LogP contribution in [0.1, 0.15) is 42.9 Å². The summed E-state index contributed by atoms with van der Waals surface area (Å²) in [6.07, 6.45) is 3.39. The number of carbonyl (C=O) groups is 1. The van der Waals surface area contributed by atoms with Crippen LogP contribution in [0.3, 0.4) is 0 Å². The van der Waals surface area contributed by atoms with E-state index in [0.29, 0.717) is 28.6 Å². The van der Waals surface area contributed by atoms with Gasteiger partial charge in [-0.05, 0) is 38.0 Å². The molecule has 0 aromatic carbocycles. The van der Waals surface area contributed by atoms with Crippen LogP contribution in [0.4, 0.5) is 5.82 Å². The molecule has 1 atom stereocenters. The Morgan fingerprint density at radius 1 is 1.21 bits per heavy atom. The average Bonchev–Trinajstić information content (AvgIpc) is 3.01. The van der Waals surface area contributed by atoms with Crippen molar-refractivity contribution >= 4 is 22.8 Å². The summed E-state index contributed by atoms with van der Waals surface area (Å²) in [6.45, 7) is 8.16. The summed E-state index contributed by atoms with van der Waals surface area (Å²) in [5.41, 5.74) is 1.84. The number of amides is 1. The van der Waals surface area contributed by atoms with Crippen molar-refractivity contribution in [2.75, 3.05) is 5.32 Å². The first-order valence-electron chi connectivity index (χ1n) is 8.04. The molecule has 124 valence electrons. The molecule has 6 heteroatoms. The van der Waals surface area contributed by atoms with Crippen molar-refractivity contribution in [1.82, 2.24) is 19.7 Å². The van der Waals surface area contributed by atoms with Gasteiger partial charge in [0.25, 0.3) is 5.91 Å². The van der Waals surface area contributed by atoms with Gasteiger partial charge in [-0.3, -0.25) is 4.79 Å². The first kappa shape index (κ1) is 16.1. The highest BCUT2D eigenvalue weighted by Gasteiger charge is 2.17. The molecule has 0 saturated carbocycles. The first-order valence-corrected chi connectivity index (χ1v) is 8.04. The van der Waals surface area contributed by atoms with E-state index in [1.54, 1.807) is 12.4 Å². The van der Waals surface area contributed by atoms with Gasteiger partial charge in [0, 0.05) is 17.6 Å². The minimum absolute atomic E-state index is 0.190. The fourth-order valence-electron chi connectivity index (χ4n) is 2.53. The molecule has 24 heavy (non-hydrogen) atoms. The van der Waals surface area contributed by atoms with Crippen molar-refractivity contribution in [3.63, 3.8) is 0 Å². The fraction of sp³-hybridized carbons (Fsp3) is 0.333. The molecule has 0 radical (unpaired) electrons. The lowest BCUT2D eigenvalue weighted by molar-refractivity contribution is 0.102. The molecule has 6 nitrogen and oxygen atoms in total. The van der Waals surface area contributed by atoms with Gasteiger partial charge in [0.15, 0.2) is 5.65 Å². The Labute approximate surface area is 140 Å². The molecule has 0 spiro atoms. The molecule has 3 aromatic rings. The zero-order chi connectivity index (χ0) is 17.3. The van der Waals surface area contributed by atoms with Crippen LogP contribution in [-0.4, -0.2) is 25.7 Å². The van der Waals surface area contributed by atoms with Crippen molar-refractivity contribution in [1.29, 1.82) is 0 Å². The molecule has 0 fully saturated rings. The molecule has 3 heterocycles. The highest BCUT2D eigenvalue weighted by molar-refractivity contribution is 6.06. The molecule has 3 aromatic heterocycles. The predicted octanol–water partition coefficient (Wildman–Crippen LogP) is 3.60. The minimum Gasteiger partial charge on any atom is -0.307 e. The molecule has 1 amide bonds. The average molecular weight is 323 g/mol. The van der Waals surface area contributed by atoms with Crippen molar-refractivity contribution in [2.45, 2.75) is 33.7 Å². The number of aryl methyl sites for hydroxylation is 1. The second-order valence-corrected chi connectivity index (χ2v) is 6.27. The van der Waals surface area contributed by atoms with Crippen LogP contribution in [0.15, 0.2) is 36.7 Å². The summed E-state index contributed by atoms with van der Waals surface area (Å²) in [6, 6.07) is 7.56. The maximum atomic E-state index is 12.7. The second kappa shape index (κ2) is 6.39. The van der Waals surface area contributed by atoms with Crippen LogP contribution in [-0.2, 0) is 0 Å². The Kier molecular flexibility index (Phi) is 4.29. The molecule has 0 saturated heterocycles. The van der Waals surface area contributed by atoms with Crippen molar-refractivity contribution in [2.24, 2.45) is 5.92 Å². The van der Waals surface area contributed by atoms with Gasteiger partial charge in [0.05, 0.1) is 23.5 Å². The van der Waals surface area contributed by atoms with Gasteiger partial charge in [-0.25, -0.2) is 14.6 Å². The highest BCUT2D eigenvalue weighted by Crippen LogP contribution is 2.22. The zero-order valence-electron chi connectivity index (χ0n) is 14.3. The van der Waals surface area contributed by atoms with Crippen LogP contribution in [0.2, 0.25) is 0 Å². The molecular weight excluding hydrogens is 302 g/mol. The normalized spacial score (nSPS) is 12.5. The van der Waals surface area contributed by atoms with Crippen LogP contribution in [0.5, 0.6) is 0 Å². The Balaban J connectivity index is 1.91. The quantitative estimate of drug-likeness (QED) is 0.796. The molecule has 0 bridgehead atoms. The van der Waals surface area contributed by atoms with Crippen molar-refractivity contribution in [3.05, 3.63) is 47.9 Å². The number of hydrogen-bond donors (Lipinski definition) is 1.